The van der Waals surface area contributed by atoms with Crippen molar-refractivity contribution in [3.63, 3.8) is 0 Å². The van der Waals surface area contributed by atoms with Crippen molar-refractivity contribution in [3.8, 4) is 11.4 Å². The summed E-state index contributed by atoms with van der Waals surface area (Å²) in [5, 5.41) is 0. The highest BCUT2D eigenvalue weighted by Gasteiger charge is 2.37. The Kier molecular flexibility index (Phi) is 6.11. The summed E-state index contributed by atoms with van der Waals surface area (Å²) < 4.78 is 0. The second kappa shape index (κ2) is 9.35. The van der Waals surface area contributed by atoms with E-state index < -0.39 is 0 Å². The molecule has 0 saturated carbocycles. The number of rotatable bonds is 4. The number of hydrogen-bond donors (Lipinski definition) is 0. The minimum Gasteiger partial charge on any atom is -0.304 e. The zero-order valence-electron chi connectivity index (χ0n) is 19.6. The van der Waals surface area contributed by atoms with Gasteiger partial charge in [0.25, 0.3) is 5.91 Å². The maximum absolute atomic E-state index is 13.9. The van der Waals surface area contributed by atoms with E-state index in [0.29, 0.717) is 28.6 Å². The van der Waals surface area contributed by atoms with E-state index >= 15 is 0 Å². The van der Waals surface area contributed by atoms with E-state index in [-0.39, 0.29) is 24.4 Å². The topological polar surface area (TPSA) is 69.6 Å². The molecule has 1 aromatic heterocycles. The Morgan fingerprint density at radius 2 is 1.62 bits per heavy atom. The number of hydrogen-bond acceptors (Lipinski definition) is 5. The van der Waals surface area contributed by atoms with Crippen LogP contribution in [0.4, 0.5) is 17.2 Å². The molecule has 0 unspecified atom stereocenters. The van der Waals surface area contributed by atoms with Crippen LogP contribution >= 0.6 is 0 Å². The number of likely N-dealkylation sites (tertiary alicyclic amines) is 1. The molecule has 0 radical (unpaired) electrons. The van der Waals surface area contributed by atoms with E-state index in [2.05, 4.69) is 9.88 Å². The first-order chi connectivity index (χ1) is 16.5. The van der Waals surface area contributed by atoms with Gasteiger partial charge >= 0.3 is 0 Å². The number of carbonyl (C=O) groups is 2. The van der Waals surface area contributed by atoms with Crippen LogP contribution in [0, 0.1) is 0 Å². The van der Waals surface area contributed by atoms with Gasteiger partial charge in [-0.05, 0) is 51.9 Å². The summed E-state index contributed by atoms with van der Waals surface area (Å²) >= 11 is 0. The fraction of sp³-hybridized carbons (Fsp3) is 0.333. The molecule has 2 amide bonds. The summed E-state index contributed by atoms with van der Waals surface area (Å²) in [6.07, 6.45) is 4.96. The standard InChI is InChI=1S/C27H29N5O2/c1-19(2)31-22-13-7-8-14-23(22)32(24(33)18-30-15-9-4-10-16-30)26-21(27(31)34)17-28-25(29-26)20-11-5-3-6-12-20/h3,5-8,11-14,17,19H,4,9-10,15-16,18H2,1-2H3. The normalized spacial score (nSPS) is 16.3. The first kappa shape index (κ1) is 22.2. The number of aromatic nitrogens is 2. The van der Waals surface area contributed by atoms with Crippen molar-refractivity contribution < 1.29 is 9.59 Å². The van der Waals surface area contributed by atoms with E-state index in [4.69, 9.17) is 4.98 Å². The van der Waals surface area contributed by atoms with Crippen molar-refractivity contribution in [2.24, 2.45) is 0 Å². The second-order valence-electron chi connectivity index (χ2n) is 9.12. The molecule has 3 heterocycles. The van der Waals surface area contributed by atoms with E-state index in [1.54, 1.807) is 16.0 Å². The summed E-state index contributed by atoms with van der Waals surface area (Å²) in [5.41, 5.74) is 2.53. The summed E-state index contributed by atoms with van der Waals surface area (Å²) in [6.45, 7) is 6.04. The van der Waals surface area contributed by atoms with Gasteiger partial charge in [0, 0.05) is 17.8 Å². The monoisotopic (exact) mass is 455 g/mol. The van der Waals surface area contributed by atoms with Crippen LogP contribution in [-0.4, -0.2) is 52.4 Å². The van der Waals surface area contributed by atoms with E-state index in [0.717, 1.165) is 31.5 Å². The molecule has 1 saturated heterocycles. The van der Waals surface area contributed by atoms with Crippen LogP contribution in [0.25, 0.3) is 11.4 Å². The molecule has 1 fully saturated rings. The summed E-state index contributed by atoms with van der Waals surface area (Å²) in [4.78, 5) is 42.5. The number of piperidine rings is 1. The Bertz CT molecular complexity index is 1200. The molecule has 0 aliphatic carbocycles. The third-order valence-electron chi connectivity index (χ3n) is 6.42. The third-order valence-corrected chi connectivity index (χ3v) is 6.42. The largest absolute Gasteiger partial charge is 0.304 e. The van der Waals surface area contributed by atoms with Crippen LogP contribution in [0.5, 0.6) is 0 Å². The lowest BCUT2D eigenvalue weighted by atomic mass is 10.1. The van der Waals surface area contributed by atoms with Gasteiger partial charge in [0.15, 0.2) is 11.6 Å². The van der Waals surface area contributed by atoms with Gasteiger partial charge < -0.3 is 4.90 Å². The number of carbonyl (C=O) groups excluding carboxylic acids is 2. The third kappa shape index (κ3) is 4.07. The fourth-order valence-electron chi connectivity index (χ4n) is 4.78. The van der Waals surface area contributed by atoms with Gasteiger partial charge in [0.1, 0.15) is 5.56 Å². The maximum atomic E-state index is 13.9. The molecule has 5 rings (SSSR count). The van der Waals surface area contributed by atoms with Gasteiger partial charge in [-0.1, -0.05) is 48.9 Å². The number of benzene rings is 2. The average Bonchev–Trinajstić information content (AvgIpc) is 2.96. The molecule has 0 spiro atoms. The molecule has 0 N–H and O–H groups in total. The first-order valence-corrected chi connectivity index (χ1v) is 11.9. The Hall–Kier alpha value is -3.58. The molecule has 2 aliphatic rings. The smallest absolute Gasteiger partial charge is 0.263 e. The Balaban J connectivity index is 1.68. The van der Waals surface area contributed by atoms with Crippen LogP contribution in [0.3, 0.4) is 0 Å². The van der Waals surface area contributed by atoms with Crippen molar-refractivity contribution in [1.29, 1.82) is 0 Å². The van der Waals surface area contributed by atoms with Crippen molar-refractivity contribution in [3.05, 3.63) is 66.4 Å². The second-order valence-corrected chi connectivity index (χ2v) is 9.12. The van der Waals surface area contributed by atoms with Crippen molar-refractivity contribution in [2.75, 3.05) is 29.4 Å². The van der Waals surface area contributed by atoms with Gasteiger partial charge in [0.2, 0.25) is 5.91 Å². The Morgan fingerprint density at radius 3 is 2.32 bits per heavy atom. The Labute approximate surface area is 200 Å². The molecule has 0 bridgehead atoms. The first-order valence-electron chi connectivity index (χ1n) is 11.9. The van der Waals surface area contributed by atoms with Gasteiger partial charge in [-0.15, -0.1) is 0 Å². The van der Waals surface area contributed by atoms with Gasteiger partial charge in [0.05, 0.1) is 17.9 Å². The zero-order valence-corrected chi connectivity index (χ0v) is 19.6. The number of para-hydroxylation sites is 2. The van der Waals surface area contributed by atoms with Crippen LogP contribution < -0.4 is 9.80 Å². The van der Waals surface area contributed by atoms with E-state index in [1.165, 1.54) is 6.42 Å². The van der Waals surface area contributed by atoms with Crippen molar-refractivity contribution in [2.45, 2.75) is 39.2 Å². The molecule has 34 heavy (non-hydrogen) atoms. The molecule has 2 aromatic carbocycles. The van der Waals surface area contributed by atoms with Gasteiger partial charge in [-0.3, -0.25) is 19.4 Å². The molecular formula is C27H29N5O2. The molecule has 2 aliphatic heterocycles. The van der Waals surface area contributed by atoms with Gasteiger partial charge in [-0.2, -0.15) is 0 Å². The molecule has 0 atom stereocenters. The lowest BCUT2D eigenvalue weighted by Crippen LogP contribution is -2.41. The number of fused-ring (bicyclic) bond motifs is 2. The van der Waals surface area contributed by atoms with E-state index in [1.807, 2.05) is 68.4 Å². The zero-order chi connectivity index (χ0) is 23.7. The number of anilines is 3. The van der Waals surface area contributed by atoms with Crippen molar-refractivity contribution >= 4 is 29.0 Å². The number of amides is 2. The fourth-order valence-corrected chi connectivity index (χ4v) is 4.78. The predicted octanol–water partition coefficient (Wildman–Crippen LogP) is 4.66. The lowest BCUT2D eigenvalue weighted by Gasteiger charge is -2.30. The van der Waals surface area contributed by atoms with Gasteiger partial charge in [-0.25, -0.2) is 9.97 Å². The predicted molar refractivity (Wildman–Crippen MR) is 133 cm³/mol. The maximum Gasteiger partial charge on any atom is 0.263 e. The molecule has 3 aromatic rings. The molecule has 7 nitrogen and oxygen atoms in total. The summed E-state index contributed by atoms with van der Waals surface area (Å²) in [7, 11) is 0. The van der Waals surface area contributed by atoms with Crippen LogP contribution in [-0.2, 0) is 4.79 Å². The average molecular weight is 456 g/mol. The van der Waals surface area contributed by atoms with Crippen molar-refractivity contribution in [1.82, 2.24) is 14.9 Å². The van der Waals surface area contributed by atoms with E-state index in [9.17, 15) is 9.59 Å². The highest BCUT2D eigenvalue weighted by atomic mass is 16.2. The molecule has 7 heteroatoms. The summed E-state index contributed by atoms with van der Waals surface area (Å²) in [6, 6.07) is 17.1. The SMILES string of the molecule is CC(C)N1C(=O)c2cnc(-c3ccccc3)nc2N(C(=O)CN2CCCCC2)c2ccccc21. The highest BCUT2D eigenvalue weighted by molar-refractivity contribution is 6.18. The number of nitrogens with zero attached hydrogens (tertiary/aromatic N) is 5. The van der Waals surface area contributed by atoms with Crippen LogP contribution in [0.2, 0.25) is 0 Å². The molecular weight excluding hydrogens is 426 g/mol. The minimum absolute atomic E-state index is 0.0910. The van der Waals surface area contributed by atoms with Crippen LogP contribution in [0.15, 0.2) is 60.8 Å². The van der Waals surface area contributed by atoms with Crippen LogP contribution in [0.1, 0.15) is 43.5 Å². The highest BCUT2D eigenvalue weighted by Crippen LogP contribution is 2.41. The summed E-state index contributed by atoms with van der Waals surface area (Å²) in [5.74, 6) is 0.534. The minimum atomic E-state index is -0.203. The quantitative estimate of drug-likeness (QED) is 0.572. The Morgan fingerprint density at radius 1 is 0.941 bits per heavy atom. The molecule has 174 valence electrons. The lowest BCUT2D eigenvalue weighted by molar-refractivity contribution is -0.119.